The fourth-order valence-electron chi connectivity index (χ4n) is 3.67. The summed E-state index contributed by atoms with van der Waals surface area (Å²) in [7, 11) is 0. The summed E-state index contributed by atoms with van der Waals surface area (Å²) < 4.78 is 0. The van der Waals surface area contributed by atoms with Gasteiger partial charge in [0.05, 0.1) is 5.69 Å². The van der Waals surface area contributed by atoms with E-state index < -0.39 is 0 Å². The van der Waals surface area contributed by atoms with Crippen LogP contribution in [0.5, 0.6) is 0 Å². The van der Waals surface area contributed by atoms with Gasteiger partial charge in [-0.05, 0) is 22.8 Å². The van der Waals surface area contributed by atoms with Gasteiger partial charge in [-0.15, -0.1) is 0 Å². The van der Waals surface area contributed by atoms with E-state index in [9.17, 15) is 4.79 Å². The molecule has 0 saturated carbocycles. The van der Waals surface area contributed by atoms with Crippen LogP contribution in [0.4, 0.5) is 0 Å². The molecule has 1 heterocycles. The summed E-state index contributed by atoms with van der Waals surface area (Å²) in [4.78, 5) is 15.8. The highest BCUT2D eigenvalue weighted by Gasteiger charge is 2.25. The van der Waals surface area contributed by atoms with Crippen molar-refractivity contribution < 1.29 is 4.79 Å². The first-order valence-electron chi connectivity index (χ1n) is 8.98. The number of aromatic nitrogens is 1. The van der Waals surface area contributed by atoms with Gasteiger partial charge in [-0.2, -0.15) is 0 Å². The first-order valence-corrected chi connectivity index (χ1v) is 8.98. The lowest BCUT2D eigenvalue weighted by atomic mass is 9.85. The Morgan fingerprint density at radius 2 is 1.52 bits per heavy atom. The van der Waals surface area contributed by atoms with Crippen LogP contribution in [0.2, 0.25) is 0 Å². The van der Waals surface area contributed by atoms with Crippen LogP contribution in [0.1, 0.15) is 23.5 Å². The number of aromatic amines is 1. The standard InChI is InChI=1S/C23H21N3O/c24-26-21(27)15-19(16-9-3-1-4-10-16)22-18-13-7-8-14-20(18)25-23(22)17-11-5-2-6-12-17/h1-14,19,25H,15,24H2,(H,26,27). The summed E-state index contributed by atoms with van der Waals surface area (Å²) in [5.74, 6) is 5.11. The third kappa shape index (κ3) is 3.35. The molecular weight excluding hydrogens is 334 g/mol. The highest BCUT2D eigenvalue weighted by Crippen LogP contribution is 2.40. The summed E-state index contributed by atoms with van der Waals surface area (Å²) in [6.45, 7) is 0. The zero-order valence-corrected chi connectivity index (χ0v) is 14.9. The molecule has 1 atom stereocenters. The molecular formula is C23H21N3O. The van der Waals surface area contributed by atoms with Crippen LogP contribution in [-0.2, 0) is 4.79 Å². The Hall–Kier alpha value is -3.37. The third-order valence-electron chi connectivity index (χ3n) is 4.91. The molecule has 0 aliphatic heterocycles. The lowest BCUT2D eigenvalue weighted by molar-refractivity contribution is -0.121. The Bertz CT molecular complexity index is 1050. The average molecular weight is 355 g/mol. The molecule has 0 aliphatic rings. The second-order valence-electron chi connectivity index (χ2n) is 6.56. The lowest BCUT2D eigenvalue weighted by Gasteiger charge is -2.19. The molecule has 3 aromatic carbocycles. The first-order chi connectivity index (χ1) is 13.3. The minimum absolute atomic E-state index is 0.110. The minimum Gasteiger partial charge on any atom is -0.354 e. The van der Waals surface area contributed by atoms with E-state index in [2.05, 4.69) is 46.8 Å². The number of nitrogens with two attached hydrogens (primary N) is 1. The maximum Gasteiger partial charge on any atom is 0.234 e. The van der Waals surface area contributed by atoms with E-state index in [-0.39, 0.29) is 18.2 Å². The van der Waals surface area contributed by atoms with Crippen molar-refractivity contribution in [2.45, 2.75) is 12.3 Å². The topological polar surface area (TPSA) is 70.9 Å². The highest BCUT2D eigenvalue weighted by atomic mass is 16.2. The number of carbonyl (C=O) groups excluding carboxylic acids is 1. The van der Waals surface area contributed by atoms with Crippen molar-refractivity contribution in [3.63, 3.8) is 0 Å². The molecule has 0 bridgehead atoms. The number of hydrogen-bond donors (Lipinski definition) is 3. The zero-order valence-electron chi connectivity index (χ0n) is 14.9. The van der Waals surface area contributed by atoms with Gasteiger partial charge in [-0.3, -0.25) is 10.2 Å². The van der Waals surface area contributed by atoms with E-state index in [4.69, 9.17) is 5.84 Å². The van der Waals surface area contributed by atoms with E-state index in [1.54, 1.807) is 0 Å². The number of H-pyrrole nitrogens is 1. The Morgan fingerprint density at radius 3 is 2.22 bits per heavy atom. The van der Waals surface area contributed by atoms with Crippen molar-refractivity contribution in [3.05, 3.63) is 96.1 Å². The number of amides is 1. The molecule has 1 amide bonds. The zero-order chi connectivity index (χ0) is 18.6. The second kappa shape index (κ2) is 7.48. The average Bonchev–Trinajstić information content (AvgIpc) is 3.12. The fraction of sp³-hybridized carbons (Fsp3) is 0.0870. The number of nitrogens with one attached hydrogen (secondary N) is 2. The van der Waals surface area contributed by atoms with Gasteiger partial charge in [0.15, 0.2) is 0 Å². The molecule has 4 nitrogen and oxygen atoms in total. The number of benzene rings is 3. The quantitative estimate of drug-likeness (QED) is 0.283. The molecule has 4 rings (SSSR count). The molecule has 0 aliphatic carbocycles. The number of hydrazine groups is 1. The summed E-state index contributed by atoms with van der Waals surface area (Å²) in [5.41, 5.74) is 7.68. The maximum absolute atomic E-state index is 12.2. The third-order valence-corrected chi connectivity index (χ3v) is 4.91. The largest absolute Gasteiger partial charge is 0.354 e. The van der Waals surface area contributed by atoms with Crippen molar-refractivity contribution in [1.82, 2.24) is 10.4 Å². The van der Waals surface area contributed by atoms with Gasteiger partial charge < -0.3 is 4.98 Å². The number of carbonyl (C=O) groups is 1. The van der Waals surface area contributed by atoms with E-state index in [0.29, 0.717) is 0 Å². The molecule has 0 fully saturated rings. The van der Waals surface area contributed by atoms with Crippen LogP contribution < -0.4 is 11.3 Å². The van der Waals surface area contributed by atoms with Gasteiger partial charge in [0.1, 0.15) is 0 Å². The van der Waals surface area contributed by atoms with Gasteiger partial charge >= 0.3 is 0 Å². The second-order valence-corrected chi connectivity index (χ2v) is 6.56. The maximum atomic E-state index is 12.2. The molecule has 27 heavy (non-hydrogen) atoms. The van der Waals surface area contributed by atoms with E-state index in [1.807, 2.05) is 48.5 Å². The van der Waals surface area contributed by atoms with E-state index >= 15 is 0 Å². The molecule has 4 heteroatoms. The minimum atomic E-state index is -0.187. The van der Waals surface area contributed by atoms with Gasteiger partial charge in [0, 0.05) is 23.2 Å². The Balaban J connectivity index is 1.97. The molecule has 0 saturated heterocycles. The van der Waals surface area contributed by atoms with Crippen molar-refractivity contribution in [3.8, 4) is 11.3 Å². The highest BCUT2D eigenvalue weighted by molar-refractivity contribution is 5.93. The van der Waals surface area contributed by atoms with Crippen LogP contribution in [0.3, 0.4) is 0 Å². The van der Waals surface area contributed by atoms with Gasteiger partial charge in [0.25, 0.3) is 0 Å². The van der Waals surface area contributed by atoms with Gasteiger partial charge in [-0.25, -0.2) is 5.84 Å². The predicted molar refractivity (Wildman–Crippen MR) is 109 cm³/mol. The molecule has 4 N–H and O–H groups in total. The number of para-hydroxylation sites is 1. The summed E-state index contributed by atoms with van der Waals surface area (Å²) in [5, 5.41) is 1.12. The summed E-state index contributed by atoms with van der Waals surface area (Å²) >= 11 is 0. The van der Waals surface area contributed by atoms with Crippen LogP contribution in [0, 0.1) is 0 Å². The molecule has 4 aromatic rings. The van der Waals surface area contributed by atoms with Crippen molar-refractivity contribution >= 4 is 16.8 Å². The van der Waals surface area contributed by atoms with Crippen LogP contribution >= 0.6 is 0 Å². The normalized spacial score (nSPS) is 12.0. The SMILES string of the molecule is NNC(=O)CC(c1ccccc1)c1c(-c2ccccc2)[nH]c2ccccc12. The first kappa shape index (κ1) is 17.1. The molecule has 1 unspecified atom stereocenters. The van der Waals surface area contributed by atoms with Crippen molar-refractivity contribution in [2.24, 2.45) is 5.84 Å². The number of hydrogen-bond acceptors (Lipinski definition) is 2. The smallest absolute Gasteiger partial charge is 0.234 e. The van der Waals surface area contributed by atoms with Crippen LogP contribution in [0.25, 0.3) is 22.2 Å². The van der Waals surface area contributed by atoms with Gasteiger partial charge in [0.2, 0.25) is 5.91 Å². The monoisotopic (exact) mass is 355 g/mol. The molecule has 134 valence electrons. The fourth-order valence-corrected chi connectivity index (χ4v) is 3.67. The molecule has 0 radical (unpaired) electrons. The Morgan fingerprint density at radius 1 is 0.889 bits per heavy atom. The summed E-state index contributed by atoms with van der Waals surface area (Å²) in [6.07, 6.45) is 0.280. The van der Waals surface area contributed by atoms with E-state index in [1.165, 1.54) is 0 Å². The van der Waals surface area contributed by atoms with Crippen LogP contribution in [0.15, 0.2) is 84.9 Å². The lowest BCUT2D eigenvalue weighted by Crippen LogP contribution is -2.31. The van der Waals surface area contributed by atoms with Gasteiger partial charge in [-0.1, -0.05) is 78.9 Å². The number of fused-ring (bicyclic) bond motifs is 1. The predicted octanol–water partition coefficient (Wildman–Crippen LogP) is 4.35. The van der Waals surface area contributed by atoms with Crippen LogP contribution in [-0.4, -0.2) is 10.9 Å². The Labute approximate surface area is 158 Å². The van der Waals surface area contributed by atoms with Crippen molar-refractivity contribution in [2.75, 3.05) is 0 Å². The molecule has 0 spiro atoms. The Kier molecular flexibility index (Phi) is 4.73. The van der Waals surface area contributed by atoms with E-state index in [0.717, 1.165) is 33.3 Å². The number of rotatable bonds is 5. The molecule has 1 aromatic heterocycles. The van der Waals surface area contributed by atoms with Crippen molar-refractivity contribution in [1.29, 1.82) is 0 Å². The summed E-state index contributed by atoms with van der Waals surface area (Å²) in [6, 6.07) is 28.5.